The van der Waals surface area contributed by atoms with Crippen molar-refractivity contribution in [3.8, 4) is 0 Å². The lowest BCUT2D eigenvalue weighted by Crippen LogP contribution is -2.36. The molecule has 0 aliphatic heterocycles. The highest BCUT2D eigenvalue weighted by Crippen LogP contribution is 2.04. The van der Waals surface area contributed by atoms with Gasteiger partial charge in [-0.2, -0.15) is 0 Å². The second-order valence-corrected chi connectivity index (χ2v) is 3.67. The first-order chi connectivity index (χ1) is 8.19. The van der Waals surface area contributed by atoms with Gasteiger partial charge in [0.25, 0.3) is 0 Å². The van der Waals surface area contributed by atoms with E-state index in [1.54, 1.807) is 13.0 Å². The molecule has 0 aromatic carbocycles. The van der Waals surface area contributed by atoms with E-state index in [0.717, 1.165) is 5.57 Å². The van der Waals surface area contributed by atoms with Crippen LogP contribution in [0.5, 0.6) is 0 Å². The Kier molecular flexibility index (Phi) is 9.75. The van der Waals surface area contributed by atoms with Gasteiger partial charge in [-0.15, -0.1) is 0 Å². The third-order valence-electron chi connectivity index (χ3n) is 1.85. The molecule has 1 atom stereocenters. The van der Waals surface area contributed by atoms with Gasteiger partial charge in [0.2, 0.25) is 6.41 Å². The van der Waals surface area contributed by atoms with Crippen LogP contribution in [0.2, 0.25) is 0 Å². The van der Waals surface area contributed by atoms with Crippen LogP contribution in [0.3, 0.4) is 0 Å². The summed E-state index contributed by atoms with van der Waals surface area (Å²) in [4.78, 5) is 21.9. The first-order valence-electron chi connectivity index (χ1n) is 5.39. The molecule has 98 valence electrons. The van der Waals surface area contributed by atoms with Crippen molar-refractivity contribution in [1.82, 2.24) is 5.32 Å². The number of esters is 1. The topological polar surface area (TPSA) is 64.6 Å². The van der Waals surface area contributed by atoms with Crippen molar-refractivity contribution >= 4 is 28.3 Å². The lowest BCUT2D eigenvalue weighted by molar-refractivity contribution is -0.145. The zero-order valence-corrected chi connectivity index (χ0v) is 11.7. The lowest BCUT2D eigenvalue weighted by atomic mass is 10.2. The summed E-state index contributed by atoms with van der Waals surface area (Å²) in [5.41, 5.74) is 0.874. The molecule has 0 fully saturated rings. The number of amides is 1. The van der Waals surface area contributed by atoms with E-state index >= 15 is 0 Å². The molecule has 0 spiro atoms. The van der Waals surface area contributed by atoms with Gasteiger partial charge in [-0.25, -0.2) is 4.79 Å². The summed E-state index contributed by atoms with van der Waals surface area (Å²) >= 11 is 3.30. The maximum atomic E-state index is 11.5. The number of nitrogens with one attached hydrogen (secondary N) is 1. The third kappa shape index (κ3) is 7.12. The number of alkyl halides is 1. The predicted molar refractivity (Wildman–Crippen MR) is 68.0 cm³/mol. The van der Waals surface area contributed by atoms with Crippen LogP contribution in [0, 0.1) is 0 Å². The molecule has 1 unspecified atom stereocenters. The molecule has 0 aliphatic rings. The molecule has 17 heavy (non-hydrogen) atoms. The van der Waals surface area contributed by atoms with Gasteiger partial charge < -0.3 is 14.8 Å². The summed E-state index contributed by atoms with van der Waals surface area (Å²) in [6.07, 6.45) is 2.11. The second-order valence-electron chi connectivity index (χ2n) is 3.11. The molecule has 5 nitrogen and oxygen atoms in total. The molecule has 0 aliphatic carbocycles. The van der Waals surface area contributed by atoms with Crippen molar-refractivity contribution < 1.29 is 19.1 Å². The minimum Gasteiger partial charge on any atom is -0.464 e. The van der Waals surface area contributed by atoms with Gasteiger partial charge in [-0.1, -0.05) is 15.9 Å². The van der Waals surface area contributed by atoms with E-state index in [2.05, 4.69) is 21.2 Å². The Bertz CT molecular complexity index is 268. The first-order valence-corrected chi connectivity index (χ1v) is 6.51. The van der Waals surface area contributed by atoms with Gasteiger partial charge >= 0.3 is 5.97 Å². The maximum Gasteiger partial charge on any atom is 0.332 e. The lowest BCUT2D eigenvalue weighted by Gasteiger charge is -2.12. The Morgan fingerprint density at radius 2 is 2.12 bits per heavy atom. The Balaban J connectivity index is 4.60. The largest absolute Gasteiger partial charge is 0.464 e. The molecule has 0 saturated heterocycles. The molecular formula is C11H18BrNO4. The van der Waals surface area contributed by atoms with Crippen LogP contribution < -0.4 is 5.32 Å². The fourth-order valence-corrected chi connectivity index (χ4v) is 1.44. The molecule has 1 amide bonds. The minimum atomic E-state index is -0.763. The summed E-state index contributed by atoms with van der Waals surface area (Å²) in [5.74, 6) is -0.477. The Hall–Kier alpha value is -0.880. The molecule has 0 aromatic heterocycles. The fraction of sp³-hybridized carbons (Fsp3) is 0.636. The highest BCUT2D eigenvalue weighted by Gasteiger charge is 2.16. The fourth-order valence-electron chi connectivity index (χ4n) is 1.09. The Morgan fingerprint density at radius 1 is 1.41 bits per heavy atom. The van der Waals surface area contributed by atoms with Crippen LogP contribution in [-0.2, 0) is 19.1 Å². The SMILES string of the molecule is CCOC/C(=C/C(NC=O)C(=O)OCC)CBr. The number of ether oxygens (including phenoxy) is 2. The number of rotatable bonds is 9. The van der Waals surface area contributed by atoms with Crippen LogP contribution in [0.25, 0.3) is 0 Å². The van der Waals surface area contributed by atoms with E-state index in [9.17, 15) is 9.59 Å². The van der Waals surface area contributed by atoms with Crippen LogP contribution in [-0.4, -0.2) is 43.6 Å². The van der Waals surface area contributed by atoms with Gasteiger partial charge in [0.1, 0.15) is 6.04 Å². The average Bonchev–Trinajstić information content (AvgIpc) is 2.33. The van der Waals surface area contributed by atoms with Crippen LogP contribution in [0.4, 0.5) is 0 Å². The summed E-state index contributed by atoms with van der Waals surface area (Å²) in [5, 5.41) is 2.97. The van der Waals surface area contributed by atoms with Gasteiger partial charge in [0.15, 0.2) is 0 Å². The summed E-state index contributed by atoms with van der Waals surface area (Å²) < 4.78 is 10.1. The van der Waals surface area contributed by atoms with Crippen LogP contribution in [0.1, 0.15) is 13.8 Å². The molecule has 1 N–H and O–H groups in total. The van der Waals surface area contributed by atoms with E-state index in [1.165, 1.54) is 0 Å². The monoisotopic (exact) mass is 307 g/mol. The number of carbonyl (C=O) groups excluding carboxylic acids is 2. The van der Waals surface area contributed by atoms with Crippen LogP contribution in [0.15, 0.2) is 11.6 Å². The zero-order chi connectivity index (χ0) is 13.1. The van der Waals surface area contributed by atoms with Crippen molar-refractivity contribution in [3.63, 3.8) is 0 Å². The Labute approximate surface area is 110 Å². The minimum absolute atomic E-state index is 0.277. The van der Waals surface area contributed by atoms with E-state index in [-0.39, 0.29) is 6.61 Å². The molecule has 6 heteroatoms. The highest BCUT2D eigenvalue weighted by atomic mass is 79.9. The summed E-state index contributed by atoms with van der Waals surface area (Å²) in [6, 6.07) is -0.763. The molecular weight excluding hydrogens is 290 g/mol. The number of hydrogen-bond acceptors (Lipinski definition) is 4. The molecule has 0 saturated carbocycles. The molecule has 0 bridgehead atoms. The van der Waals surface area contributed by atoms with Gasteiger partial charge in [0, 0.05) is 11.9 Å². The summed E-state index contributed by atoms with van der Waals surface area (Å²) in [6.45, 7) is 4.88. The third-order valence-corrected chi connectivity index (χ3v) is 2.57. The smallest absolute Gasteiger partial charge is 0.332 e. The van der Waals surface area contributed by atoms with Crippen molar-refractivity contribution in [3.05, 3.63) is 11.6 Å². The second kappa shape index (κ2) is 10.3. The first kappa shape index (κ1) is 16.1. The van der Waals surface area contributed by atoms with E-state index in [1.807, 2.05) is 6.92 Å². The van der Waals surface area contributed by atoms with E-state index in [4.69, 9.17) is 9.47 Å². The normalized spacial score (nSPS) is 13.0. The Morgan fingerprint density at radius 3 is 2.59 bits per heavy atom. The van der Waals surface area contributed by atoms with Crippen molar-refractivity contribution in [2.24, 2.45) is 0 Å². The maximum absolute atomic E-state index is 11.5. The van der Waals surface area contributed by atoms with Gasteiger partial charge in [-0.3, -0.25) is 4.79 Å². The summed E-state index contributed by atoms with van der Waals surface area (Å²) in [7, 11) is 0. The molecule has 0 rings (SSSR count). The van der Waals surface area contributed by atoms with E-state index in [0.29, 0.717) is 25.0 Å². The molecule has 0 aromatic rings. The molecule has 0 heterocycles. The van der Waals surface area contributed by atoms with Crippen LogP contribution >= 0.6 is 15.9 Å². The van der Waals surface area contributed by atoms with Crippen molar-refractivity contribution in [1.29, 1.82) is 0 Å². The quantitative estimate of drug-likeness (QED) is 0.299. The van der Waals surface area contributed by atoms with Gasteiger partial charge in [-0.05, 0) is 25.5 Å². The number of carbonyl (C=O) groups is 2. The van der Waals surface area contributed by atoms with E-state index < -0.39 is 12.0 Å². The predicted octanol–water partition coefficient (Wildman–Crippen LogP) is 1.02. The molecule has 0 radical (unpaired) electrons. The van der Waals surface area contributed by atoms with Crippen molar-refractivity contribution in [2.45, 2.75) is 19.9 Å². The number of halogens is 1. The zero-order valence-electron chi connectivity index (χ0n) is 10.1. The van der Waals surface area contributed by atoms with Crippen molar-refractivity contribution in [2.75, 3.05) is 25.2 Å². The average molecular weight is 308 g/mol. The highest BCUT2D eigenvalue weighted by molar-refractivity contribution is 9.09. The number of hydrogen-bond donors (Lipinski definition) is 1. The standard InChI is InChI=1S/C11H18BrNO4/c1-3-16-7-9(6-12)5-10(13-8-14)11(15)17-4-2/h5,8,10H,3-4,6-7H2,1-2H3,(H,13,14)/b9-5+. The van der Waals surface area contributed by atoms with Gasteiger partial charge in [0.05, 0.1) is 13.2 Å².